The third-order valence-electron chi connectivity index (χ3n) is 18.5. The van der Waals surface area contributed by atoms with Gasteiger partial charge in [-0.2, -0.15) is 0 Å². The van der Waals surface area contributed by atoms with Crippen molar-refractivity contribution >= 4 is 13.7 Å². The second kappa shape index (κ2) is 71.7. The van der Waals surface area contributed by atoms with Crippen LogP contribution >= 0.6 is 7.82 Å². The van der Waals surface area contributed by atoms with Crippen LogP contribution in [0.25, 0.3) is 0 Å². The normalized spacial score (nSPS) is 13.7. The highest BCUT2D eigenvalue weighted by Gasteiger charge is 2.23. The smallest absolute Gasteiger partial charge is 0.268 e. The van der Waals surface area contributed by atoms with E-state index in [1.54, 1.807) is 6.08 Å². The molecule has 3 atom stereocenters. The van der Waals surface area contributed by atoms with E-state index in [0.717, 1.165) is 44.9 Å². The van der Waals surface area contributed by atoms with E-state index in [4.69, 9.17) is 9.05 Å². The molecule has 0 bridgehead atoms. The highest BCUT2D eigenvalue weighted by molar-refractivity contribution is 7.45. The number of hydrogen-bond acceptors (Lipinski definition) is 6. The van der Waals surface area contributed by atoms with Crippen molar-refractivity contribution in [3.63, 3.8) is 0 Å². The summed E-state index contributed by atoms with van der Waals surface area (Å²) >= 11 is 0. The molecule has 0 rings (SSSR count). The summed E-state index contributed by atoms with van der Waals surface area (Å²) in [6.07, 6.45) is 98.6. The molecule has 0 radical (unpaired) electrons. The Balaban J connectivity index is 3.97. The first-order valence-electron chi connectivity index (χ1n) is 40.0. The van der Waals surface area contributed by atoms with Crippen LogP contribution in [0.5, 0.6) is 0 Å². The van der Waals surface area contributed by atoms with Crippen molar-refractivity contribution in [2.75, 3.05) is 40.9 Å². The number of carbonyl (C=O) groups is 1. The number of amides is 1. The monoisotopic (exact) mass is 1290 g/mol. The molecule has 0 aliphatic heterocycles. The molecule has 0 aliphatic carbocycles. The van der Waals surface area contributed by atoms with Gasteiger partial charge in [-0.15, -0.1) is 0 Å². The van der Waals surface area contributed by atoms with Crippen LogP contribution in [0.15, 0.2) is 48.6 Å². The van der Waals surface area contributed by atoms with E-state index in [-0.39, 0.29) is 19.1 Å². The van der Waals surface area contributed by atoms with Crippen LogP contribution in [0.1, 0.15) is 412 Å². The minimum absolute atomic E-state index is 0.00463. The fraction of sp³-hybridized carbons (Fsp3) is 0.889. The third kappa shape index (κ3) is 73.9. The first kappa shape index (κ1) is 88.5. The van der Waals surface area contributed by atoms with E-state index in [9.17, 15) is 19.4 Å². The lowest BCUT2D eigenvalue weighted by Crippen LogP contribution is -2.45. The number of rotatable bonds is 75. The van der Waals surface area contributed by atoms with Gasteiger partial charge < -0.3 is 28.8 Å². The van der Waals surface area contributed by atoms with Gasteiger partial charge in [-0.25, -0.2) is 0 Å². The topological polar surface area (TPSA) is 108 Å². The molecule has 90 heavy (non-hydrogen) atoms. The molecule has 0 aromatic carbocycles. The molecule has 0 aliphatic rings. The molecule has 9 heteroatoms. The van der Waals surface area contributed by atoms with Gasteiger partial charge in [0.2, 0.25) is 5.91 Å². The predicted octanol–water partition coefficient (Wildman–Crippen LogP) is 25.5. The average molecular weight is 1290 g/mol. The Morgan fingerprint density at radius 1 is 0.389 bits per heavy atom. The summed E-state index contributed by atoms with van der Waals surface area (Å²) in [7, 11) is 1.26. The number of nitrogens with zero attached hydrogens (tertiary/aromatic N) is 1. The fourth-order valence-corrected chi connectivity index (χ4v) is 13.0. The van der Waals surface area contributed by atoms with Crippen molar-refractivity contribution in [2.24, 2.45) is 0 Å². The van der Waals surface area contributed by atoms with Crippen LogP contribution in [-0.2, 0) is 18.4 Å². The molecular formula is C81H157N2O6P. The number of allylic oxidation sites excluding steroid dienone is 7. The SMILES string of the molecule is CCCCCCC/C=C\C/C=C\CCCCCCCCCCCCCCCCCCCCCCCCCCCC(=O)NC(COP(=O)([O-])OCC[N+](C)(C)C)C(O)/C=C/CC/C=C/CCCCCCCCCCCCCCCCCCCCCCCCCCC. The van der Waals surface area contributed by atoms with Crippen LogP contribution in [-0.4, -0.2) is 68.5 Å². The van der Waals surface area contributed by atoms with Crippen molar-refractivity contribution in [1.82, 2.24) is 5.32 Å². The summed E-state index contributed by atoms with van der Waals surface area (Å²) < 4.78 is 23.5. The Bertz CT molecular complexity index is 1610. The molecule has 532 valence electrons. The fourth-order valence-electron chi connectivity index (χ4n) is 12.3. The van der Waals surface area contributed by atoms with Gasteiger partial charge in [-0.1, -0.05) is 390 Å². The number of aliphatic hydroxyl groups is 1. The molecule has 0 aromatic heterocycles. The van der Waals surface area contributed by atoms with Gasteiger partial charge in [-0.05, 0) is 64.2 Å². The number of likely N-dealkylation sites (N-methyl/N-ethyl adjacent to an activating group) is 1. The van der Waals surface area contributed by atoms with Crippen molar-refractivity contribution in [2.45, 2.75) is 424 Å². The highest BCUT2D eigenvalue weighted by atomic mass is 31.2. The Labute approximate surface area is 562 Å². The van der Waals surface area contributed by atoms with Gasteiger partial charge in [-0.3, -0.25) is 9.36 Å². The molecule has 0 heterocycles. The molecule has 0 aromatic rings. The van der Waals surface area contributed by atoms with Crippen LogP contribution in [0, 0.1) is 0 Å². The van der Waals surface area contributed by atoms with Crippen molar-refractivity contribution in [3.05, 3.63) is 48.6 Å². The summed E-state index contributed by atoms with van der Waals surface area (Å²) in [5.74, 6) is -0.199. The number of hydrogen-bond donors (Lipinski definition) is 2. The van der Waals surface area contributed by atoms with E-state index in [1.165, 1.54) is 347 Å². The van der Waals surface area contributed by atoms with E-state index >= 15 is 0 Å². The maximum absolute atomic E-state index is 13.1. The molecule has 0 saturated heterocycles. The summed E-state index contributed by atoms with van der Waals surface area (Å²) in [6, 6.07) is -0.905. The molecule has 3 unspecified atom stereocenters. The molecular weight excluding hydrogens is 1130 g/mol. The highest BCUT2D eigenvalue weighted by Crippen LogP contribution is 2.38. The number of phosphoric ester groups is 1. The average Bonchev–Trinajstić information content (AvgIpc) is 3.18. The molecule has 0 fully saturated rings. The molecule has 0 saturated carbocycles. The largest absolute Gasteiger partial charge is 0.756 e. The number of unbranched alkanes of at least 4 members (excludes halogenated alkanes) is 56. The molecule has 2 N–H and O–H groups in total. The van der Waals surface area contributed by atoms with Crippen molar-refractivity contribution in [1.29, 1.82) is 0 Å². The first-order valence-corrected chi connectivity index (χ1v) is 41.5. The van der Waals surface area contributed by atoms with E-state index < -0.39 is 20.0 Å². The van der Waals surface area contributed by atoms with Gasteiger partial charge >= 0.3 is 0 Å². The molecule has 1 amide bonds. The van der Waals surface area contributed by atoms with Gasteiger partial charge in [0.1, 0.15) is 13.2 Å². The minimum Gasteiger partial charge on any atom is -0.756 e. The van der Waals surface area contributed by atoms with Crippen LogP contribution in [0.3, 0.4) is 0 Å². The standard InChI is InChI=1S/C81H157N2O6P/c1-6-8-10-12-14-16-18-20-22-24-26-28-30-32-34-36-38-39-40-41-42-43-45-47-49-51-53-55-57-59-61-63-65-67-69-71-73-75-81(85)82-79(78-89-90(86,87)88-77-76-83(3,4)5)80(84)74-72-70-68-66-64-62-60-58-56-54-52-50-48-46-44-37-35-33-31-29-27-25-23-21-19-17-15-13-11-9-7-2/h18,20,24,26,64,66,72,74,79-80,84H,6-17,19,21-23,25,27-63,65,67-71,73,75-78H2,1-5H3,(H-,82,85,86,87)/b20-18-,26-24-,66-64+,74-72+. The Morgan fingerprint density at radius 2 is 0.656 bits per heavy atom. The lowest BCUT2D eigenvalue weighted by atomic mass is 10.0. The maximum Gasteiger partial charge on any atom is 0.268 e. The predicted molar refractivity (Wildman–Crippen MR) is 395 cm³/mol. The Morgan fingerprint density at radius 3 is 0.967 bits per heavy atom. The quantitative estimate of drug-likeness (QED) is 0.0272. The van der Waals surface area contributed by atoms with Gasteiger partial charge in [0.05, 0.1) is 39.9 Å². The molecule has 8 nitrogen and oxygen atoms in total. The van der Waals surface area contributed by atoms with Gasteiger partial charge in [0.25, 0.3) is 7.82 Å². The second-order valence-electron chi connectivity index (χ2n) is 28.8. The Kier molecular flexibility index (Phi) is 70.5. The second-order valence-corrected chi connectivity index (χ2v) is 30.2. The van der Waals surface area contributed by atoms with Crippen LogP contribution < -0.4 is 10.2 Å². The van der Waals surface area contributed by atoms with E-state index in [0.29, 0.717) is 17.4 Å². The maximum atomic E-state index is 13.1. The van der Waals surface area contributed by atoms with Gasteiger partial charge in [0, 0.05) is 6.42 Å². The summed E-state index contributed by atoms with van der Waals surface area (Å²) in [4.78, 5) is 25.7. The Hall–Kier alpha value is -1.54. The summed E-state index contributed by atoms with van der Waals surface area (Å²) in [5, 5.41) is 14.0. The number of nitrogens with one attached hydrogen (secondary N) is 1. The summed E-state index contributed by atoms with van der Waals surface area (Å²) in [6.45, 7) is 4.68. The number of phosphoric acid groups is 1. The number of aliphatic hydroxyl groups excluding tert-OH is 1. The number of quaternary nitrogens is 1. The zero-order valence-corrected chi connectivity index (χ0v) is 62.0. The minimum atomic E-state index is -4.62. The van der Waals surface area contributed by atoms with E-state index in [1.807, 2.05) is 27.2 Å². The first-order chi connectivity index (χ1) is 44.0. The third-order valence-corrected chi connectivity index (χ3v) is 19.5. The number of carbonyl (C=O) groups excluding carboxylic acids is 1. The molecule has 0 spiro atoms. The van der Waals surface area contributed by atoms with Crippen molar-refractivity contribution < 1.29 is 32.9 Å². The lowest BCUT2D eigenvalue weighted by Gasteiger charge is -2.29. The van der Waals surface area contributed by atoms with Gasteiger partial charge in [0.15, 0.2) is 0 Å². The van der Waals surface area contributed by atoms with Crippen LogP contribution in [0.4, 0.5) is 0 Å². The lowest BCUT2D eigenvalue weighted by molar-refractivity contribution is -0.870. The van der Waals surface area contributed by atoms with Crippen molar-refractivity contribution in [3.8, 4) is 0 Å². The van der Waals surface area contributed by atoms with E-state index in [2.05, 4.69) is 55.6 Å². The van der Waals surface area contributed by atoms with Crippen LogP contribution in [0.2, 0.25) is 0 Å². The zero-order valence-electron chi connectivity index (χ0n) is 61.1. The summed E-state index contributed by atoms with van der Waals surface area (Å²) in [5.41, 5.74) is 0. The zero-order chi connectivity index (χ0) is 65.5.